The molecule has 0 aliphatic heterocycles. The molecule has 94 valence electrons. The molecule has 0 N–H and O–H groups in total. The van der Waals surface area contributed by atoms with Crippen LogP contribution in [-0.2, 0) is 0 Å². The van der Waals surface area contributed by atoms with Gasteiger partial charge < -0.3 is 4.40 Å². The second-order valence-electron chi connectivity index (χ2n) is 4.57. The van der Waals surface area contributed by atoms with Crippen LogP contribution in [0.25, 0.3) is 16.6 Å². The SMILES string of the molecule is Cc1ccn2c(C=O)c(-c3ccc(I)cc3)cc2c1. The van der Waals surface area contributed by atoms with E-state index < -0.39 is 0 Å². The molecule has 0 saturated carbocycles. The molecule has 3 rings (SSSR count). The van der Waals surface area contributed by atoms with Crippen LogP contribution in [0.3, 0.4) is 0 Å². The number of hydrogen-bond donors (Lipinski definition) is 0. The highest BCUT2D eigenvalue weighted by Gasteiger charge is 2.11. The molecular formula is C16H12INO. The largest absolute Gasteiger partial charge is 0.314 e. The van der Waals surface area contributed by atoms with E-state index in [9.17, 15) is 4.79 Å². The maximum absolute atomic E-state index is 11.4. The molecule has 0 atom stereocenters. The molecule has 0 amide bonds. The predicted octanol–water partition coefficient (Wildman–Crippen LogP) is 4.33. The average molecular weight is 361 g/mol. The molecule has 0 radical (unpaired) electrons. The van der Waals surface area contributed by atoms with E-state index in [1.807, 2.05) is 16.7 Å². The van der Waals surface area contributed by atoms with Gasteiger partial charge in [-0.25, -0.2) is 0 Å². The maximum atomic E-state index is 11.4. The number of benzene rings is 1. The fraction of sp³-hybridized carbons (Fsp3) is 0.0625. The summed E-state index contributed by atoms with van der Waals surface area (Å²) < 4.78 is 3.13. The third-order valence-corrected chi connectivity index (χ3v) is 3.95. The monoisotopic (exact) mass is 361 g/mol. The van der Waals surface area contributed by atoms with Gasteiger partial charge in [-0.15, -0.1) is 0 Å². The number of aromatic nitrogens is 1. The summed E-state index contributed by atoms with van der Waals surface area (Å²) in [7, 11) is 0. The second-order valence-corrected chi connectivity index (χ2v) is 5.81. The van der Waals surface area contributed by atoms with Crippen LogP contribution < -0.4 is 0 Å². The summed E-state index contributed by atoms with van der Waals surface area (Å²) in [6, 6.07) is 14.4. The molecular weight excluding hydrogens is 349 g/mol. The minimum atomic E-state index is 0.705. The quantitative estimate of drug-likeness (QED) is 0.492. The van der Waals surface area contributed by atoms with Gasteiger partial charge in [0.1, 0.15) is 0 Å². The van der Waals surface area contributed by atoms with Crippen molar-refractivity contribution in [3.05, 3.63) is 63.5 Å². The number of hydrogen-bond acceptors (Lipinski definition) is 1. The van der Waals surface area contributed by atoms with Crippen LogP contribution in [0.1, 0.15) is 16.1 Å². The summed E-state index contributed by atoms with van der Waals surface area (Å²) in [5, 5.41) is 0. The molecule has 1 aromatic carbocycles. The number of rotatable bonds is 2. The summed E-state index contributed by atoms with van der Waals surface area (Å²) >= 11 is 2.28. The summed E-state index contributed by atoms with van der Waals surface area (Å²) in [6.07, 6.45) is 2.88. The van der Waals surface area contributed by atoms with Crippen molar-refractivity contribution in [3.8, 4) is 11.1 Å². The minimum absolute atomic E-state index is 0.705. The van der Waals surface area contributed by atoms with Gasteiger partial charge in [-0.3, -0.25) is 4.79 Å². The molecule has 2 heterocycles. The van der Waals surface area contributed by atoms with Gasteiger partial charge in [0.25, 0.3) is 0 Å². The van der Waals surface area contributed by atoms with Crippen molar-refractivity contribution in [2.75, 3.05) is 0 Å². The van der Waals surface area contributed by atoms with Crippen LogP contribution in [0.4, 0.5) is 0 Å². The summed E-state index contributed by atoms with van der Waals surface area (Å²) in [6.45, 7) is 2.05. The number of aldehydes is 1. The Bertz CT molecular complexity index is 756. The van der Waals surface area contributed by atoms with E-state index in [4.69, 9.17) is 0 Å². The van der Waals surface area contributed by atoms with Gasteiger partial charge in [-0.2, -0.15) is 0 Å². The Balaban J connectivity index is 2.28. The third kappa shape index (κ3) is 2.18. The lowest BCUT2D eigenvalue weighted by molar-refractivity contribution is 0.111. The molecule has 3 aromatic rings. The fourth-order valence-electron chi connectivity index (χ4n) is 2.29. The van der Waals surface area contributed by atoms with Crippen LogP contribution in [0.15, 0.2) is 48.7 Å². The Labute approximate surface area is 125 Å². The Morgan fingerprint density at radius 3 is 2.53 bits per heavy atom. The number of halogens is 1. The van der Waals surface area contributed by atoms with Gasteiger partial charge in [0.05, 0.1) is 5.69 Å². The molecule has 2 aromatic heterocycles. The van der Waals surface area contributed by atoms with Crippen molar-refractivity contribution in [1.29, 1.82) is 0 Å². The first-order chi connectivity index (χ1) is 9.19. The lowest BCUT2D eigenvalue weighted by Gasteiger charge is -2.01. The molecule has 0 fully saturated rings. The molecule has 0 spiro atoms. The van der Waals surface area contributed by atoms with E-state index in [-0.39, 0.29) is 0 Å². The van der Waals surface area contributed by atoms with E-state index in [0.717, 1.165) is 22.9 Å². The fourth-order valence-corrected chi connectivity index (χ4v) is 2.65. The first-order valence-electron chi connectivity index (χ1n) is 6.02. The van der Waals surface area contributed by atoms with Gasteiger partial charge in [0.2, 0.25) is 0 Å². The smallest absolute Gasteiger partial charge is 0.167 e. The van der Waals surface area contributed by atoms with E-state index in [2.05, 4.69) is 65.9 Å². The maximum Gasteiger partial charge on any atom is 0.167 e. The lowest BCUT2D eigenvalue weighted by Crippen LogP contribution is -1.92. The summed E-state index contributed by atoms with van der Waals surface area (Å²) in [5.41, 5.74) is 5.00. The van der Waals surface area contributed by atoms with Gasteiger partial charge in [-0.1, -0.05) is 12.1 Å². The average Bonchev–Trinajstić information content (AvgIpc) is 2.77. The summed E-state index contributed by atoms with van der Waals surface area (Å²) in [4.78, 5) is 11.4. The highest BCUT2D eigenvalue weighted by Crippen LogP contribution is 2.27. The van der Waals surface area contributed by atoms with Crippen molar-refractivity contribution in [2.45, 2.75) is 6.92 Å². The van der Waals surface area contributed by atoms with Crippen molar-refractivity contribution >= 4 is 34.4 Å². The predicted molar refractivity (Wildman–Crippen MR) is 85.7 cm³/mol. The molecule has 0 aliphatic rings. The van der Waals surface area contributed by atoms with E-state index in [1.54, 1.807) is 0 Å². The standard InChI is InChI=1S/C16H12INO/c1-11-6-7-18-14(8-11)9-15(16(18)10-19)12-2-4-13(17)5-3-12/h2-10H,1H3. The van der Waals surface area contributed by atoms with E-state index >= 15 is 0 Å². The molecule has 0 aliphatic carbocycles. The van der Waals surface area contributed by atoms with Crippen LogP contribution in [0.5, 0.6) is 0 Å². The zero-order valence-electron chi connectivity index (χ0n) is 10.4. The second kappa shape index (κ2) is 4.81. The van der Waals surface area contributed by atoms with Crippen LogP contribution in [0.2, 0.25) is 0 Å². The zero-order valence-corrected chi connectivity index (χ0v) is 12.6. The molecule has 2 nitrogen and oxygen atoms in total. The Morgan fingerprint density at radius 2 is 1.84 bits per heavy atom. The van der Waals surface area contributed by atoms with Crippen molar-refractivity contribution in [2.24, 2.45) is 0 Å². The van der Waals surface area contributed by atoms with E-state index in [0.29, 0.717) is 5.69 Å². The van der Waals surface area contributed by atoms with Crippen LogP contribution in [0, 0.1) is 10.5 Å². The Kier molecular flexibility index (Phi) is 3.14. The number of fused-ring (bicyclic) bond motifs is 1. The molecule has 0 saturated heterocycles. The number of nitrogens with zero attached hydrogens (tertiary/aromatic N) is 1. The molecule has 0 bridgehead atoms. The number of pyridine rings is 1. The highest BCUT2D eigenvalue weighted by molar-refractivity contribution is 14.1. The first kappa shape index (κ1) is 12.4. The normalized spacial score (nSPS) is 10.8. The van der Waals surface area contributed by atoms with Crippen LogP contribution >= 0.6 is 22.6 Å². The zero-order chi connectivity index (χ0) is 13.4. The topological polar surface area (TPSA) is 21.5 Å². The molecule has 19 heavy (non-hydrogen) atoms. The van der Waals surface area contributed by atoms with Crippen LogP contribution in [-0.4, -0.2) is 10.7 Å². The van der Waals surface area contributed by atoms with Crippen molar-refractivity contribution in [3.63, 3.8) is 0 Å². The highest BCUT2D eigenvalue weighted by atomic mass is 127. The number of carbonyl (C=O) groups excluding carboxylic acids is 1. The van der Waals surface area contributed by atoms with Gasteiger partial charge in [0, 0.05) is 20.8 Å². The van der Waals surface area contributed by atoms with Gasteiger partial charge >= 0.3 is 0 Å². The summed E-state index contributed by atoms with van der Waals surface area (Å²) in [5.74, 6) is 0. The van der Waals surface area contributed by atoms with Crippen molar-refractivity contribution < 1.29 is 4.79 Å². The number of carbonyl (C=O) groups is 1. The lowest BCUT2D eigenvalue weighted by atomic mass is 10.1. The molecule has 3 heteroatoms. The Hall–Kier alpha value is -1.62. The third-order valence-electron chi connectivity index (χ3n) is 3.23. The molecule has 0 unspecified atom stereocenters. The van der Waals surface area contributed by atoms with Gasteiger partial charge in [0.15, 0.2) is 6.29 Å². The number of aryl methyl sites for hydroxylation is 1. The Morgan fingerprint density at radius 1 is 1.11 bits per heavy atom. The minimum Gasteiger partial charge on any atom is -0.314 e. The first-order valence-corrected chi connectivity index (χ1v) is 7.10. The van der Waals surface area contributed by atoms with E-state index in [1.165, 1.54) is 9.13 Å². The van der Waals surface area contributed by atoms with Gasteiger partial charge in [-0.05, 0) is 71.0 Å². The van der Waals surface area contributed by atoms with Crippen molar-refractivity contribution in [1.82, 2.24) is 4.40 Å².